The Bertz CT molecular complexity index is 36.9. The smallest absolute Gasteiger partial charge is 0.0201 e. The van der Waals surface area contributed by atoms with Gasteiger partial charge in [0.25, 0.3) is 0 Å². The predicted molar refractivity (Wildman–Crippen MR) is 27.2 cm³/mol. The van der Waals surface area contributed by atoms with Crippen LogP contribution in [0.2, 0.25) is 0 Å². The van der Waals surface area contributed by atoms with E-state index in [1.807, 2.05) is 0 Å². The van der Waals surface area contributed by atoms with Gasteiger partial charge in [0, 0.05) is 0 Å². The molecule has 1 fully saturated rings. The molecule has 5 heavy (non-hydrogen) atoms. The molecule has 1 aliphatic rings. The Morgan fingerprint density at radius 2 is 2.00 bits per heavy atom. The Labute approximate surface area is 34.3 Å². The summed E-state index contributed by atoms with van der Waals surface area (Å²) in [6.45, 7) is 4.69. The van der Waals surface area contributed by atoms with Crippen molar-refractivity contribution in [3.8, 4) is 0 Å². The minimum Gasteiger partial charge on any atom is -0.106 e. The van der Waals surface area contributed by atoms with Crippen molar-refractivity contribution < 1.29 is 0 Å². The van der Waals surface area contributed by atoms with Gasteiger partial charge in [-0.25, -0.2) is 0 Å². The third-order valence-corrected chi connectivity index (χ3v) is 3.51. The maximum Gasteiger partial charge on any atom is -0.0201 e. The van der Waals surface area contributed by atoms with Gasteiger partial charge in [0.15, 0.2) is 0 Å². The molecule has 1 heteroatoms. The zero-order valence-corrected chi connectivity index (χ0v) is 4.63. The van der Waals surface area contributed by atoms with Gasteiger partial charge in [0.2, 0.25) is 0 Å². The largest absolute Gasteiger partial charge is 0.106 e. The molecular formula is C4H9P. The van der Waals surface area contributed by atoms with Crippen molar-refractivity contribution in [2.75, 3.05) is 12.8 Å². The minimum atomic E-state index is 0.568. The van der Waals surface area contributed by atoms with E-state index in [1.54, 1.807) is 0 Å². The Kier molecular flexibility index (Phi) is 0.682. The number of hydrogen-bond acceptors (Lipinski definition) is 0. The van der Waals surface area contributed by atoms with E-state index < -0.39 is 0 Å². The van der Waals surface area contributed by atoms with Crippen molar-refractivity contribution >= 4 is 7.92 Å². The van der Waals surface area contributed by atoms with Crippen LogP contribution in [-0.4, -0.2) is 18.5 Å². The Balaban J connectivity index is 2.20. The summed E-state index contributed by atoms with van der Waals surface area (Å²) < 4.78 is 0. The van der Waals surface area contributed by atoms with Crippen molar-refractivity contribution in [1.29, 1.82) is 0 Å². The van der Waals surface area contributed by atoms with Crippen molar-refractivity contribution in [2.24, 2.45) is 0 Å². The van der Waals surface area contributed by atoms with Crippen LogP contribution in [0.15, 0.2) is 0 Å². The zero-order chi connectivity index (χ0) is 3.86. The average molecular weight is 88.1 g/mol. The first-order valence-electron chi connectivity index (χ1n) is 2.01. The fourth-order valence-corrected chi connectivity index (χ4v) is 1.60. The first-order chi connectivity index (χ1) is 2.30. The molecule has 1 rings (SSSR count). The molecule has 2 atom stereocenters. The molecule has 0 N–H and O–H groups in total. The Hall–Kier alpha value is 0.430. The lowest BCUT2D eigenvalue weighted by Gasteiger charge is -1.68. The van der Waals surface area contributed by atoms with Crippen molar-refractivity contribution in [2.45, 2.75) is 12.6 Å². The van der Waals surface area contributed by atoms with Gasteiger partial charge in [-0.1, -0.05) is 6.92 Å². The molecule has 0 unspecified atom stereocenters. The fraction of sp³-hybridized carbons (Fsp3) is 1.00. The van der Waals surface area contributed by atoms with Crippen LogP contribution in [0, 0.1) is 0 Å². The molecule has 0 aromatic heterocycles. The zero-order valence-electron chi connectivity index (χ0n) is 3.73. The standard InChI is InChI=1S/C4H9P/c1-4-3-5(4)2/h4H,3H2,1-2H3/t4-,5+/m1/s1. The molecule has 0 spiro atoms. The molecule has 0 aromatic rings. The van der Waals surface area contributed by atoms with Crippen molar-refractivity contribution in [1.82, 2.24) is 0 Å². The van der Waals surface area contributed by atoms with Gasteiger partial charge in [0.05, 0.1) is 0 Å². The van der Waals surface area contributed by atoms with E-state index in [9.17, 15) is 0 Å². The van der Waals surface area contributed by atoms with Crippen molar-refractivity contribution in [3.05, 3.63) is 0 Å². The van der Waals surface area contributed by atoms with E-state index in [0.29, 0.717) is 7.92 Å². The van der Waals surface area contributed by atoms with Gasteiger partial charge in [0.1, 0.15) is 0 Å². The predicted octanol–water partition coefficient (Wildman–Crippen LogP) is 1.50. The molecule has 1 heterocycles. The lowest BCUT2D eigenvalue weighted by Crippen LogP contribution is -1.58. The highest BCUT2D eigenvalue weighted by molar-refractivity contribution is 7.65. The number of hydrogen-bond donors (Lipinski definition) is 0. The summed E-state index contributed by atoms with van der Waals surface area (Å²) in [6, 6.07) is 0. The fourth-order valence-electron chi connectivity index (χ4n) is 0.370. The van der Waals surface area contributed by atoms with Crippen molar-refractivity contribution in [3.63, 3.8) is 0 Å². The Morgan fingerprint density at radius 3 is 2.00 bits per heavy atom. The third-order valence-electron chi connectivity index (χ3n) is 1.17. The summed E-state index contributed by atoms with van der Waals surface area (Å²) in [5.41, 5.74) is 1.12. The van der Waals surface area contributed by atoms with Crippen LogP contribution in [0.4, 0.5) is 0 Å². The quantitative estimate of drug-likeness (QED) is 0.393. The highest BCUT2D eigenvalue weighted by Crippen LogP contribution is 2.54. The maximum absolute atomic E-state index is 2.36. The maximum atomic E-state index is 2.36. The molecule has 0 bridgehead atoms. The van der Waals surface area contributed by atoms with Gasteiger partial charge in [-0.2, -0.15) is 0 Å². The van der Waals surface area contributed by atoms with Gasteiger partial charge < -0.3 is 0 Å². The molecule has 0 saturated carbocycles. The minimum absolute atomic E-state index is 0.568. The van der Waals surface area contributed by atoms with E-state index in [4.69, 9.17) is 0 Å². The molecule has 0 aliphatic carbocycles. The summed E-state index contributed by atoms with van der Waals surface area (Å²) in [7, 11) is 0.568. The van der Waals surface area contributed by atoms with E-state index >= 15 is 0 Å². The van der Waals surface area contributed by atoms with Crippen LogP contribution < -0.4 is 0 Å². The van der Waals surface area contributed by atoms with Gasteiger partial charge in [-0.3, -0.25) is 0 Å². The van der Waals surface area contributed by atoms with E-state index in [-0.39, 0.29) is 0 Å². The lowest BCUT2D eigenvalue weighted by atomic mass is 10.6. The second-order valence-electron chi connectivity index (χ2n) is 1.79. The van der Waals surface area contributed by atoms with Gasteiger partial charge in [-0.05, 0) is 18.5 Å². The molecule has 0 amide bonds. The molecule has 0 nitrogen and oxygen atoms in total. The van der Waals surface area contributed by atoms with E-state index in [2.05, 4.69) is 13.6 Å². The molecule has 0 radical (unpaired) electrons. The highest BCUT2D eigenvalue weighted by atomic mass is 31.1. The molecule has 1 aliphatic heterocycles. The van der Waals surface area contributed by atoms with Crippen LogP contribution in [0.5, 0.6) is 0 Å². The van der Waals surface area contributed by atoms with E-state index in [0.717, 1.165) is 5.66 Å². The van der Waals surface area contributed by atoms with Crippen LogP contribution in [-0.2, 0) is 0 Å². The number of rotatable bonds is 0. The third kappa shape index (κ3) is 0.633. The van der Waals surface area contributed by atoms with Crippen LogP contribution in [0.25, 0.3) is 0 Å². The lowest BCUT2D eigenvalue weighted by molar-refractivity contribution is 1.25. The molecular weight excluding hydrogens is 79.0 g/mol. The van der Waals surface area contributed by atoms with E-state index in [1.165, 1.54) is 6.16 Å². The van der Waals surface area contributed by atoms with Crippen LogP contribution in [0.1, 0.15) is 6.92 Å². The summed E-state index contributed by atoms with van der Waals surface area (Å²) in [5.74, 6) is 0. The van der Waals surface area contributed by atoms with Crippen LogP contribution in [0.3, 0.4) is 0 Å². The summed E-state index contributed by atoms with van der Waals surface area (Å²) in [6.07, 6.45) is 1.54. The SMILES string of the molecule is C[C@@H]1C[P@]1C. The first kappa shape index (κ1) is 3.61. The summed E-state index contributed by atoms with van der Waals surface area (Å²) in [5, 5.41) is 0. The average Bonchev–Trinajstić information content (AvgIpc) is 1.79. The second-order valence-corrected chi connectivity index (χ2v) is 4.55. The molecule has 1 saturated heterocycles. The first-order valence-corrected chi connectivity index (χ1v) is 4.05. The summed E-state index contributed by atoms with van der Waals surface area (Å²) >= 11 is 0. The Morgan fingerprint density at radius 1 is 1.80 bits per heavy atom. The monoisotopic (exact) mass is 88.0 g/mol. The molecule has 30 valence electrons. The highest BCUT2D eigenvalue weighted by Gasteiger charge is 2.25. The normalized spacial score (nSPS) is 49.2. The van der Waals surface area contributed by atoms with Crippen LogP contribution >= 0.6 is 7.92 Å². The second kappa shape index (κ2) is 0.944. The molecule has 0 aromatic carbocycles. The topological polar surface area (TPSA) is 0 Å². The van der Waals surface area contributed by atoms with Gasteiger partial charge in [-0.15, -0.1) is 7.92 Å². The van der Waals surface area contributed by atoms with Gasteiger partial charge >= 0.3 is 0 Å². The summed E-state index contributed by atoms with van der Waals surface area (Å²) in [4.78, 5) is 0.